The number of sulfonamides is 1. The molecule has 1 fully saturated rings. The Morgan fingerprint density at radius 2 is 1.83 bits per heavy atom. The summed E-state index contributed by atoms with van der Waals surface area (Å²) in [5, 5.41) is 0. The maximum Gasteiger partial charge on any atom is 0.350 e. The minimum absolute atomic E-state index is 0. The lowest BCUT2D eigenvalue weighted by Gasteiger charge is -2.34. The highest BCUT2D eigenvalue weighted by atomic mass is 35.5. The van der Waals surface area contributed by atoms with Gasteiger partial charge in [0, 0.05) is 19.1 Å². The second-order valence-corrected chi connectivity index (χ2v) is 4.29. The van der Waals surface area contributed by atoms with E-state index in [-0.39, 0.29) is 31.5 Å². The summed E-state index contributed by atoms with van der Waals surface area (Å²) in [4.78, 5) is 0. The predicted octanol–water partition coefficient (Wildman–Crippen LogP) is -0.397. The second kappa shape index (κ2) is 3.82. The van der Waals surface area contributed by atoms with Crippen LogP contribution in [0.4, 0.5) is 8.78 Å². The average Bonchev–Trinajstić information content (AvgIpc) is 1.80. The molecule has 0 spiro atoms. The van der Waals surface area contributed by atoms with Gasteiger partial charge in [-0.25, -0.2) is 8.42 Å². The summed E-state index contributed by atoms with van der Waals surface area (Å²) in [6, 6.07) is -0.288. The van der Waals surface area contributed by atoms with Crippen LogP contribution in [-0.4, -0.2) is 37.6 Å². The summed E-state index contributed by atoms with van der Waals surface area (Å²) in [6.45, 7) is 0.0132. The SMILES string of the molecule is Cl.NC1CN(S(=O)(=O)C(F)F)C1. The van der Waals surface area contributed by atoms with Gasteiger partial charge in [-0.3, -0.25) is 0 Å². The highest BCUT2D eigenvalue weighted by molar-refractivity contribution is 7.89. The van der Waals surface area contributed by atoms with Gasteiger partial charge in [0.1, 0.15) is 0 Å². The van der Waals surface area contributed by atoms with E-state index in [1.165, 1.54) is 0 Å². The molecule has 74 valence electrons. The minimum atomic E-state index is -4.35. The van der Waals surface area contributed by atoms with Crippen LogP contribution in [0.15, 0.2) is 0 Å². The molecule has 0 radical (unpaired) electrons. The first-order chi connectivity index (χ1) is 4.94. The van der Waals surface area contributed by atoms with Crippen molar-refractivity contribution >= 4 is 22.4 Å². The summed E-state index contributed by atoms with van der Waals surface area (Å²) >= 11 is 0. The van der Waals surface area contributed by atoms with Crippen LogP contribution in [0.25, 0.3) is 0 Å². The Morgan fingerprint density at radius 1 is 1.42 bits per heavy atom. The van der Waals surface area contributed by atoms with E-state index >= 15 is 0 Å². The quantitative estimate of drug-likeness (QED) is 0.692. The summed E-state index contributed by atoms with van der Waals surface area (Å²) in [5.41, 5.74) is 5.21. The Morgan fingerprint density at radius 3 is 2.08 bits per heavy atom. The fourth-order valence-corrected chi connectivity index (χ4v) is 1.81. The van der Waals surface area contributed by atoms with Gasteiger partial charge in [-0.05, 0) is 0 Å². The molecule has 8 heteroatoms. The van der Waals surface area contributed by atoms with Gasteiger partial charge < -0.3 is 5.73 Å². The molecule has 0 aromatic rings. The maximum atomic E-state index is 11.7. The fourth-order valence-electron chi connectivity index (χ4n) is 0.790. The Kier molecular flexibility index (Phi) is 3.83. The summed E-state index contributed by atoms with van der Waals surface area (Å²) < 4.78 is 45.3. The molecule has 0 saturated carbocycles. The van der Waals surface area contributed by atoms with Gasteiger partial charge in [0.05, 0.1) is 0 Å². The number of nitrogens with two attached hydrogens (primary N) is 1. The maximum absolute atomic E-state index is 11.7. The molecule has 1 saturated heterocycles. The highest BCUT2D eigenvalue weighted by Gasteiger charge is 2.39. The third-order valence-electron chi connectivity index (χ3n) is 1.46. The summed E-state index contributed by atoms with van der Waals surface area (Å²) in [6.07, 6.45) is 0. The molecule has 1 aliphatic heterocycles. The molecule has 2 N–H and O–H groups in total. The molecule has 4 nitrogen and oxygen atoms in total. The molecule has 1 rings (SSSR count). The lowest BCUT2D eigenvalue weighted by atomic mass is 10.2. The molecule has 0 aliphatic carbocycles. The molecule has 1 aliphatic rings. The Labute approximate surface area is 75.2 Å². The van der Waals surface area contributed by atoms with Crippen LogP contribution in [-0.2, 0) is 10.0 Å². The van der Waals surface area contributed by atoms with E-state index in [1.54, 1.807) is 0 Å². The Balaban J connectivity index is 0.00000121. The van der Waals surface area contributed by atoms with Gasteiger partial charge in [0.25, 0.3) is 10.0 Å². The van der Waals surface area contributed by atoms with Gasteiger partial charge in [0.2, 0.25) is 0 Å². The molecular weight excluding hydrogens is 214 g/mol. The third-order valence-corrected chi connectivity index (χ3v) is 2.93. The van der Waals surface area contributed by atoms with E-state index in [0.29, 0.717) is 4.31 Å². The van der Waals surface area contributed by atoms with Crippen LogP contribution in [0.3, 0.4) is 0 Å². The number of nitrogens with zero attached hydrogens (tertiary/aromatic N) is 1. The lowest BCUT2D eigenvalue weighted by molar-refractivity contribution is 0.194. The van der Waals surface area contributed by atoms with Gasteiger partial charge >= 0.3 is 5.76 Å². The van der Waals surface area contributed by atoms with Crippen molar-refractivity contribution in [1.82, 2.24) is 4.31 Å². The molecule has 0 aromatic carbocycles. The van der Waals surface area contributed by atoms with E-state index in [4.69, 9.17) is 5.73 Å². The van der Waals surface area contributed by atoms with Crippen molar-refractivity contribution in [3.05, 3.63) is 0 Å². The van der Waals surface area contributed by atoms with E-state index in [1.807, 2.05) is 0 Å². The predicted molar refractivity (Wildman–Crippen MR) is 41.7 cm³/mol. The van der Waals surface area contributed by atoms with Crippen molar-refractivity contribution in [3.8, 4) is 0 Å². The lowest BCUT2D eigenvalue weighted by Crippen LogP contribution is -2.58. The average molecular weight is 223 g/mol. The fraction of sp³-hybridized carbons (Fsp3) is 1.00. The zero-order valence-corrected chi connectivity index (χ0v) is 7.62. The Bertz CT molecular complexity index is 239. The largest absolute Gasteiger partial charge is 0.350 e. The van der Waals surface area contributed by atoms with Crippen molar-refractivity contribution in [3.63, 3.8) is 0 Å². The number of hydrogen-bond donors (Lipinski definition) is 1. The monoisotopic (exact) mass is 222 g/mol. The van der Waals surface area contributed by atoms with E-state index < -0.39 is 15.8 Å². The van der Waals surface area contributed by atoms with Gasteiger partial charge in [0.15, 0.2) is 0 Å². The van der Waals surface area contributed by atoms with E-state index in [2.05, 4.69) is 0 Å². The van der Waals surface area contributed by atoms with E-state index in [0.717, 1.165) is 0 Å². The van der Waals surface area contributed by atoms with Crippen molar-refractivity contribution in [2.75, 3.05) is 13.1 Å². The van der Waals surface area contributed by atoms with Gasteiger partial charge in [-0.15, -0.1) is 12.4 Å². The molecule has 0 atom stereocenters. The standard InChI is InChI=1S/C4H8F2N2O2S.ClH/c5-4(6)11(9,10)8-1-3(7)2-8;/h3-4H,1-2,7H2;1H. The highest BCUT2D eigenvalue weighted by Crippen LogP contribution is 2.17. The van der Waals surface area contributed by atoms with Crippen LogP contribution in [0, 0.1) is 0 Å². The van der Waals surface area contributed by atoms with Crippen LogP contribution in [0.5, 0.6) is 0 Å². The molecule has 0 unspecified atom stereocenters. The van der Waals surface area contributed by atoms with Gasteiger partial charge in [-0.1, -0.05) is 0 Å². The first-order valence-corrected chi connectivity index (χ1v) is 4.47. The second-order valence-electron chi connectivity index (χ2n) is 2.38. The van der Waals surface area contributed by atoms with Crippen LogP contribution in [0.2, 0.25) is 0 Å². The zero-order chi connectivity index (χ0) is 8.65. The molecule has 0 aromatic heterocycles. The van der Waals surface area contributed by atoms with E-state index in [9.17, 15) is 17.2 Å². The number of alkyl halides is 2. The smallest absolute Gasteiger partial charge is 0.325 e. The summed E-state index contributed by atoms with van der Waals surface area (Å²) in [5.74, 6) is -3.32. The number of halogens is 3. The van der Waals surface area contributed by atoms with Crippen LogP contribution >= 0.6 is 12.4 Å². The van der Waals surface area contributed by atoms with Crippen molar-refractivity contribution in [2.24, 2.45) is 5.73 Å². The molecule has 12 heavy (non-hydrogen) atoms. The normalized spacial score (nSPS) is 20.3. The molecular formula is C4H9ClF2N2O2S. The molecule has 0 bridgehead atoms. The van der Waals surface area contributed by atoms with Crippen LogP contribution in [0.1, 0.15) is 0 Å². The van der Waals surface area contributed by atoms with Crippen molar-refractivity contribution in [1.29, 1.82) is 0 Å². The van der Waals surface area contributed by atoms with Crippen molar-refractivity contribution < 1.29 is 17.2 Å². The first-order valence-electron chi connectivity index (χ1n) is 2.97. The molecule has 0 amide bonds. The number of hydrogen-bond acceptors (Lipinski definition) is 3. The third kappa shape index (κ3) is 2.03. The minimum Gasteiger partial charge on any atom is -0.325 e. The number of rotatable bonds is 2. The van der Waals surface area contributed by atoms with Crippen molar-refractivity contribution in [2.45, 2.75) is 11.8 Å². The summed E-state index contributed by atoms with van der Waals surface area (Å²) in [7, 11) is -4.35. The zero-order valence-electron chi connectivity index (χ0n) is 5.98. The molecule has 1 heterocycles. The van der Waals surface area contributed by atoms with Crippen LogP contribution < -0.4 is 5.73 Å². The topological polar surface area (TPSA) is 63.4 Å². The van der Waals surface area contributed by atoms with Gasteiger partial charge in [-0.2, -0.15) is 13.1 Å². The first kappa shape index (κ1) is 12.0. The Hall–Kier alpha value is 0.0200.